The van der Waals surface area contributed by atoms with E-state index in [9.17, 15) is 0 Å². The van der Waals surface area contributed by atoms with Crippen LogP contribution in [0.25, 0.3) is 11.0 Å². The van der Waals surface area contributed by atoms with E-state index in [1.807, 2.05) is 19.1 Å². The van der Waals surface area contributed by atoms with Crippen LogP contribution in [0.4, 0.5) is 5.69 Å². The predicted octanol–water partition coefficient (Wildman–Crippen LogP) is 5.08. The van der Waals surface area contributed by atoms with Gasteiger partial charge in [0.05, 0.1) is 0 Å². The zero-order chi connectivity index (χ0) is 13.9. The molecule has 1 aromatic heterocycles. The van der Waals surface area contributed by atoms with E-state index in [2.05, 4.69) is 48.0 Å². The first kappa shape index (κ1) is 13.1. The second kappa shape index (κ2) is 5.63. The molecule has 0 fully saturated rings. The Morgan fingerprint density at radius 3 is 2.65 bits per heavy atom. The van der Waals surface area contributed by atoms with Crippen LogP contribution in [0, 0.1) is 6.92 Å². The highest BCUT2D eigenvalue weighted by Crippen LogP contribution is 2.28. The third-order valence-corrected chi connectivity index (χ3v) is 4.26. The first-order valence-corrected chi connectivity index (χ1v) is 7.86. The summed E-state index contributed by atoms with van der Waals surface area (Å²) in [5, 5.41) is 4.71. The molecule has 0 saturated heterocycles. The second-order valence-corrected chi connectivity index (χ2v) is 5.53. The molecule has 0 atom stereocenters. The van der Waals surface area contributed by atoms with Gasteiger partial charge in [0, 0.05) is 28.1 Å². The number of hydrogen-bond acceptors (Lipinski definition) is 3. The van der Waals surface area contributed by atoms with Crippen molar-refractivity contribution in [3.63, 3.8) is 0 Å². The first-order valence-electron chi connectivity index (χ1n) is 6.63. The lowest BCUT2D eigenvalue weighted by atomic mass is 10.1. The van der Waals surface area contributed by atoms with Crippen molar-refractivity contribution >= 4 is 28.4 Å². The third-order valence-electron chi connectivity index (χ3n) is 3.46. The Kier molecular flexibility index (Phi) is 3.70. The number of fused-ring (bicyclic) bond motifs is 1. The summed E-state index contributed by atoms with van der Waals surface area (Å²) < 4.78 is 5.80. The minimum absolute atomic E-state index is 0.778. The van der Waals surface area contributed by atoms with Crippen LogP contribution in [0.2, 0.25) is 0 Å². The molecule has 3 rings (SSSR count). The number of thioether (sulfide) groups is 1. The summed E-state index contributed by atoms with van der Waals surface area (Å²) in [6.45, 7) is 2.80. The number of rotatable bonds is 4. The number of aryl methyl sites for hydroxylation is 1. The maximum absolute atomic E-state index is 5.80. The zero-order valence-electron chi connectivity index (χ0n) is 11.6. The zero-order valence-corrected chi connectivity index (χ0v) is 12.5. The molecule has 0 amide bonds. The number of anilines is 1. The number of hydrogen-bond donors (Lipinski definition) is 1. The van der Waals surface area contributed by atoms with Gasteiger partial charge in [-0.3, -0.25) is 0 Å². The average molecular weight is 283 g/mol. The fourth-order valence-electron chi connectivity index (χ4n) is 2.42. The van der Waals surface area contributed by atoms with Gasteiger partial charge in [0.1, 0.15) is 11.3 Å². The van der Waals surface area contributed by atoms with Gasteiger partial charge >= 0.3 is 0 Å². The number of benzene rings is 2. The van der Waals surface area contributed by atoms with Crippen LogP contribution in [0.15, 0.2) is 57.8 Å². The average Bonchev–Trinajstić information content (AvgIpc) is 2.81. The molecule has 3 aromatic rings. The van der Waals surface area contributed by atoms with E-state index in [0.29, 0.717) is 0 Å². The highest BCUT2D eigenvalue weighted by atomic mass is 32.2. The predicted molar refractivity (Wildman–Crippen MR) is 86.5 cm³/mol. The van der Waals surface area contributed by atoms with Gasteiger partial charge in [-0.15, -0.1) is 11.8 Å². The molecule has 0 bridgehead atoms. The second-order valence-electron chi connectivity index (χ2n) is 4.69. The van der Waals surface area contributed by atoms with E-state index in [-0.39, 0.29) is 0 Å². The molecule has 3 heteroatoms. The molecular formula is C17H17NOS. The highest BCUT2D eigenvalue weighted by molar-refractivity contribution is 7.98. The summed E-state index contributed by atoms with van der Waals surface area (Å²) in [6.07, 6.45) is 2.10. The van der Waals surface area contributed by atoms with Gasteiger partial charge in [-0.2, -0.15) is 0 Å². The lowest BCUT2D eigenvalue weighted by molar-refractivity contribution is 0.573. The van der Waals surface area contributed by atoms with E-state index in [4.69, 9.17) is 4.42 Å². The van der Waals surface area contributed by atoms with Crippen LogP contribution >= 0.6 is 11.8 Å². The van der Waals surface area contributed by atoms with Crippen LogP contribution < -0.4 is 5.32 Å². The maximum Gasteiger partial charge on any atom is 0.134 e. The van der Waals surface area contributed by atoms with E-state index in [0.717, 1.165) is 17.9 Å². The third kappa shape index (κ3) is 2.41. The minimum atomic E-state index is 0.778. The van der Waals surface area contributed by atoms with Crippen molar-refractivity contribution in [2.45, 2.75) is 18.4 Å². The standard InChI is InChI=1S/C17H17NOS/c1-12-14(13-7-3-5-9-16(13)19-12)11-18-15-8-4-6-10-17(15)20-2/h3-10,18H,11H2,1-2H3. The van der Waals surface area contributed by atoms with Crippen molar-refractivity contribution in [3.05, 3.63) is 59.9 Å². The molecule has 0 aliphatic rings. The van der Waals surface area contributed by atoms with Crippen molar-refractivity contribution < 1.29 is 4.42 Å². The Morgan fingerprint density at radius 1 is 1.05 bits per heavy atom. The largest absolute Gasteiger partial charge is 0.461 e. The Bertz CT molecular complexity index is 733. The summed E-state index contributed by atoms with van der Waals surface area (Å²) in [6, 6.07) is 16.6. The fourth-order valence-corrected chi connectivity index (χ4v) is 2.99. The monoisotopic (exact) mass is 283 g/mol. The van der Waals surface area contributed by atoms with Gasteiger partial charge in [0.2, 0.25) is 0 Å². The highest BCUT2D eigenvalue weighted by Gasteiger charge is 2.10. The van der Waals surface area contributed by atoms with Crippen molar-refractivity contribution in [2.75, 3.05) is 11.6 Å². The van der Waals surface area contributed by atoms with Crippen LogP contribution in [0.3, 0.4) is 0 Å². The Hall–Kier alpha value is -1.87. The van der Waals surface area contributed by atoms with E-state index in [1.54, 1.807) is 11.8 Å². The fraction of sp³-hybridized carbons (Fsp3) is 0.176. The molecule has 0 aliphatic carbocycles. The van der Waals surface area contributed by atoms with Gasteiger partial charge in [-0.1, -0.05) is 30.3 Å². The molecule has 0 unspecified atom stereocenters. The van der Waals surface area contributed by atoms with Crippen molar-refractivity contribution in [1.82, 2.24) is 0 Å². The van der Waals surface area contributed by atoms with Crippen molar-refractivity contribution in [3.8, 4) is 0 Å². The van der Waals surface area contributed by atoms with Crippen LogP contribution in [-0.4, -0.2) is 6.26 Å². The van der Waals surface area contributed by atoms with Crippen LogP contribution in [-0.2, 0) is 6.54 Å². The molecule has 0 saturated carbocycles. The van der Waals surface area contributed by atoms with E-state index >= 15 is 0 Å². The number of nitrogens with one attached hydrogen (secondary N) is 1. The van der Waals surface area contributed by atoms with E-state index < -0.39 is 0 Å². The summed E-state index contributed by atoms with van der Waals surface area (Å²) in [5.41, 5.74) is 3.36. The molecule has 1 heterocycles. The summed E-state index contributed by atoms with van der Waals surface area (Å²) in [5.74, 6) is 0.986. The van der Waals surface area contributed by atoms with Gasteiger partial charge in [-0.25, -0.2) is 0 Å². The van der Waals surface area contributed by atoms with Gasteiger partial charge in [-0.05, 0) is 31.4 Å². The topological polar surface area (TPSA) is 25.2 Å². The molecule has 2 aromatic carbocycles. The van der Waals surface area contributed by atoms with Gasteiger partial charge < -0.3 is 9.73 Å². The molecule has 102 valence electrons. The molecule has 20 heavy (non-hydrogen) atoms. The molecule has 0 spiro atoms. The van der Waals surface area contributed by atoms with Gasteiger partial charge in [0.15, 0.2) is 0 Å². The van der Waals surface area contributed by atoms with Crippen molar-refractivity contribution in [2.24, 2.45) is 0 Å². The maximum atomic E-state index is 5.80. The van der Waals surface area contributed by atoms with E-state index in [1.165, 1.54) is 21.5 Å². The molecule has 0 aliphatic heterocycles. The Labute approximate surface area is 123 Å². The number of para-hydroxylation sites is 2. The lowest BCUT2D eigenvalue weighted by Gasteiger charge is -2.10. The van der Waals surface area contributed by atoms with Crippen LogP contribution in [0.1, 0.15) is 11.3 Å². The summed E-state index contributed by atoms with van der Waals surface area (Å²) in [7, 11) is 0. The quantitative estimate of drug-likeness (QED) is 0.676. The van der Waals surface area contributed by atoms with Gasteiger partial charge in [0.25, 0.3) is 0 Å². The Balaban J connectivity index is 1.89. The molecule has 1 N–H and O–H groups in total. The molecule has 2 nitrogen and oxygen atoms in total. The normalized spacial score (nSPS) is 10.9. The lowest BCUT2D eigenvalue weighted by Crippen LogP contribution is -2.01. The SMILES string of the molecule is CSc1ccccc1NCc1c(C)oc2ccccc12. The number of furan rings is 1. The molecule has 0 radical (unpaired) electrons. The van der Waals surface area contributed by atoms with Crippen molar-refractivity contribution in [1.29, 1.82) is 0 Å². The molecular weight excluding hydrogens is 266 g/mol. The smallest absolute Gasteiger partial charge is 0.134 e. The summed E-state index contributed by atoms with van der Waals surface area (Å²) in [4.78, 5) is 1.26. The Morgan fingerprint density at radius 2 is 1.80 bits per heavy atom. The minimum Gasteiger partial charge on any atom is -0.461 e. The summed E-state index contributed by atoms with van der Waals surface area (Å²) >= 11 is 1.75. The van der Waals surface area contributed by atoms with Crippen LogP contribution in [0.5, 0.6) is 0 Å². The first-order chi connectivity index (χ1) is 9.79.